The number of para-hydroxylation sites is 4. The Morgan fingerprint density at radius 1 is 0.419 bits per heavy atom. The van der Waals surface area contributed by atoms with E-state index in [0.717, 1.165) is 55.7 Å². The van der Waals surface area contributed by atoms with Crippen LogP contribution in [0.4, 0.5) is 0 Å². The first-order chi connectivity index (χ1) is 21.1. The summed E-state index contributed by atoms with van der Waals surface area (Å²) in [7, 11) is -3.33. The second-order valence-corrected chi connectivity index (χ2v) is 13.5. The molecule has 1 aliphatic rings. The van der Waals surface area contributed by atoms with E-state index < -0.39 is 9.84 Å². The lowest BCUT2D eigenvalue weighted by atomic mass is 9.95. The van der Waals surface area contributed by atoms with Crippen LogP contribution in [0.1, 0.15) is 11.1 Å². The topological polar surface area (TPSA) is 44.0 Å². The highest BCUT2D eigenvalue weighted by molar-refractivity contribution is 7.89. The fourth-order valence-electron chi connectivity index (χ4n) is 7.09. The molecule has 0 spiro atoms. The van der Waals surface area contributed by atoms with E-state index in [1.165, 1.54) is 21.5 Å². The van der Waals surface area contributed by atoms with E-state index in [1.54, 1.807) is 0 Å². The Morgan fingerprint density at radius 2 is 0.744 bits per heavy atom. The van der Waals surface area contributed by atoms with Crippen molar-refractivity contribution in [3.05, 3.63) is 145 Å². The lowest BCUT2D eigenvalue weighted by molar-refractivity contribution is 0.595. The average Bonchev–Trinajstić information content (AvgIpc) is 3.51. The van der Waals surface area contributed by atoms with Crippen molar-refractivity contribution >= 4 is 53.4 Å². The first-order valence-corrected chi connectivity index (χ1v) is 16.3. The van der Waals surface area contributed by atoms with Crippen molar-refractivity contribution < 1.29 is 8.42 Å². The average molecular weight is 575 g/mol. The maximum atomic E-state index is 13.3. The van der Waals surface area contributed by atoms with Crippen molar-refractivity contribution in [2.75, 3.05) is 0 Å². The molecular formula is C38H26N2O2S. The minimum Gasteiger partial charge on any atom is -0.309 e. The van der Waals surface area contributed by atoms with Crippen LogP contribution < -0.4 is 0 Å². The molecule has 8 aromatic rings. The van der Waals surface area contributed by atoms with Crippen LogP contribution in [-0.4, -0.2) is 17.6 Å². The van der Waals surface area contributed by atoms with Crippen LogP contribution >= 0.6 is 0 Å². The van der Waals surface area contributed by atoms with Gasteiger partial charge in [-0.2, -0.15) is 0 Å². The van der Waals surface area contributed by atoms with Gasteiger partial charge in [-0.15, -0.1) is 0 Å². The molecular weight excluding hydrogens is 548 g/mol. The predicted molar refractivity (Wildman–Crippen MR) is 177 cm³/mol. The lowest BCUT2D eigenvalue weighted by Crippen LogP contribution is -2.05. The van der Waals surface area contributed by atoms with Gasteiger partial charge in [-0.3, -0.25) is 0 Å². The maximum Gasteiger partial charge on any atom is 0.158 e. The van der Waals surface area contributed by atoms with Crippen molar-refractivity contribution in [1.29, 1.82) is 0 Å². The van der Waals surface area contributed by atoms with Gasteiger partial charge < -0.3 is 9.13 Å². The number of hydrogen-bond acceptors (Lipinski definition) is 2. The summed E-state index contributed by atoms with van der Waals surface area (Å²) in [5.74, 6) is 0.0460. The third-order valence-corrected chi connectivity index (χ3v) is 10.4. The van der Waals surface area contributed by atoms with Crippen molar-refractivity contribution in [3.8, 4) is 22.5 Å². The van der Waals surface area contributed by atoms with Crippen LogP contribution in [0.5, 0.6) is 0 Å². The summed E-state index contributed by atoms with van der Waals surface area (Å²) in [5, 5.41) is 4.80. The van der Waals surface area contributed by atoms with Crippen molar-refractivity contribution in [1.82, 2.24) is 9.13 Å². The largest absolute Gasteiger partial charge is 0.309 e. The van der Waals surface area contributed by atoms with Crippen molar-refractivity contribution in [3.63, 3.8) is 0 Å². The molecule has 0 atom stereocenters. The van der Waals surface area contributed by atoms with E-state index in [0.29, 0.717) is 0 Å². The summed E-state index contributed by atoms with van der Waals surface area (Å²) >= 11 is 0. The summed E-state index contributed by atoms with van der Waals surface area (Å²) in [6, 6.07) is 46.4. The van der Waals surface area contributed by atoms with Crippen molar-refractivity contribution in [2.24, 2.45) is 0 Å². The summed E-state index contributed by atoms with van der Waals surface area (Å²) in [5.41, 5.74) is 10.2. The van der Waals surface area contributed by atoms with Gasteiger partial charge in [-0.25, -0.2) is 8.42 Å². The van der Waals surface area contributed by atoms with Gasteiger partial charge in [0.2, 0.25) is 0 Å². The van der Waals surface area contributed by atoms with E-state index in [1.807, 2.05) is 12.1 Å². The molecule has 6 aromatic carbocycles. The van der Waals surface area contributed by atoms with E-state index >= 15 is 0 Å². The second-order valence-electron chi connectivity index (χ2n) is 11.5. The molecule has 0 N–H and O–H groups in total. The van der Waals surface area contributed by atoms with Crippen LogP contribution in [-0.2, 0) is 21.3 Å². The molecule has 9 rings (SSSR count). The zero-order valence-electron chi connectivity index (χ0n) is 23.2. The van der Waals surface area contributed by atoms with Gasteiger partial charge in [0.05, 0.1) is 33.6 Å². The molecule has 43 heavy (non-hydrogen) atoms. The summed E-state index contributed by atoms with van der Waals surface area (Å²) in [6.07, 6.45) is 0. The number of sulfone groups is 1. The second kappa shape index (κ2) is 8.93. The van der Waals surface area contributed by atoms with E-state index in [4.69, 9.17) is 0 Å². The number of fused-ring (bicyclic) bond motifs is 9. The highest BCUT2D eigenvalue weighted by Gasteiger charge is 2.26. The Bertz CT molecular complexity index is 2260. The highest BCUT2D eigenvalue weighted by atomic mass is 32.2. The van der Waals surface area contributed by atoms with Crippen LogP contribution in [0.3, 0.4) is 0 Å². The molecule has 206 valence electrons. The molecule has 0 unspecified atom stereocenters. The molecule has 0 radical (unpaired) electrons. The molecule has 2 aromatic heterocycles. The Kier molecular flexibility index (Phi) is 5.08. The molecule has 0 saturated heterocycles. The van der Waals surface area contributed by atoms with Crippen LogP contribution in [0.2, 0.25) is 0 Å². The minimum atomic E-state index is -3.33. The maximum absolute atomic E-state index is 13.3. The Hall–Kier alpha value is -5.13. The van der Waals surface area contributed by atoms with E-state index in [9.17, 15) is 8.42 Å². The van der Waals surface area contributed by atoms with Gasteiger partial charge in [0.25, 0.3) is 0 Å². The number of rotatable bonds is 2. The summed E-state index contributed by atoms with van der Waals surface area (Å²) in [4.78, 5) is 0. The first-order valence-electron chi connectivity index (χ1n) is 14.5. The Labute approximate surface area is 249 Å². The highest BCUT2D eigenvalue weighted by Crippen LogP contribution is 2.40. The molecule has 0 saturated carbocycles. The fourth-order valence-corrected chi connectivity index (χ4v) is 8.64. The molecule has 0 fully saturated rings. The zero-order chi connectivity index (χ0) is 28.7. The third kappa shape index (κ3) is 3.65. The normalized spacial score (nSPS) is 14.2. The van der Waals surface area contributed by atoms with Crippen molar-refractivity contribution in [2.45, 2.75) is 11.5 Å². The summed E-state index contributed by atoms with van der Waals surface area (Å²) < 4.78 is 31.2. The smallest absolute Gasteiger partial charge is 0.158 e. The van der Waals surface area contributed by atoms with Gasteiger partial charge in [-0.1, -0.05) is 84.9 Å². The monoisotopic (exact) mass is 574 g/mol. The predicted octanol–water partition coefficient (Wildman–Crippen LogP) is 8.98. The van der Waals surface area contributed by atoms with Crippen LogP contribution in [0.25, 0.3) is 66.1 Å². The van der Waals surface area contributed by atoms with E-state index in [-0.39, 0.29) is 11.5 Å². The molecule has 0 aliphatic carbocycles. The molecule has 5 heteroatoms. The zero-order valence-corrected chi connectivity index (χ0v) is 24.1. The number of aromatic nitrogens is 2. The molecule has 0 amide bonds. The molecule has 4 nitrogen and oxygen atoms in total. The van der Waals surface area contributed by atoms with Gasteiger partial charge in [0.1, 0.15) is 0 Å². The van der Waals surface area contributed by atoms with Gasteiger partial charge in [0, 0.05) is 32.9 Å². The first kappa shape index (κ1) is 24.5. The van der Waals surface area contributed by atoms with Crippen LogP contribution in [0, 0.1) is 0 Å². The lowest BCUT2D eigenvalue weighted by Gasteiger charge is -2.16. The summed E-state index contributed by atoms with van der Waals surface area (Å²) in [6.45, 7) is 0. The number of nitrogens with zero attached hydrogens (tertiary/aromatic N) is 2. The van der Waals surface area contributed by atoms with Crippen LogP contribution in [0.15, 0.2) is 133 Å². The third-order valence-electron chi connectivity index (χ3n) is 8.90. The quantitative estimate of drug-likeness (QED) is 0.207. The number of hydrogen-bond donors (Lipinski definition) is 0. The Balaban J connectivity index is 1.33. The number of benzene rings is 6. The fraction of sp³-hybridized carbons (Fsp3) is 0.0526. The van der Waals surface area contributed by atoms with Gasteiger partial charge in [0.15, 0.2) is 9.84 Å². The standard InChI is InChI=1S/C38H26N2O2S/c41-43(42)23-25-17-19-27(39-35-13-5-1-9-29(35)30-10-2-6-14-36(30)39)21-33(25)34-22-28(20-18-26(34)24-43)40-37-15-7-3-11-31(37)32-12-4-8-16-38(32)40/h1-22H,23-24H2. The molecule has 0 bridgehead atoms. The van der Waals surface area contributed by atoms with Gasteiger partial charge >= 0.3 is 0 Å². The minimum absolute atomic E-state index is 0.0230. The van der Waals surface area contributed by atoms with E-state index in [2.05, 4.69) is 130 Å². The Morgan fingerprint density at radius 3 is 1.09 bits per heavy atom. The van der Waals surface area contributed by atoms with Gasteiger partial charge in [-0.05, 0) is 70.8 Å². The SMILES string of the molecule is O=S1(=O)Cc2ccc(-n3c4ccccc4c4ccccc43)cc2-c2cc(-n3c4ccccc4c4ccccc43)ccc2C1. The molecule has 3 heterocycles. The molecule has 1 aliphatic heterocycles.